The molecule has 0 saturated carbocycles. The minimum atomic E-state index is -3.45. The van der Waals surface area contributed by atoms with Gasteiger partial charge in [-0.25, -0.2) is 12.7 Å². The first-order valence-corrected chi connectivity index (χ1v) is 6.06. The van der Waals surface area contributed by atoms with Crippen LogP contribution >= 0.6 is 11.6 Å². The highest BCUT2D eigenvalue weighted by molar-refractivity contribution is 7.89. The molecule has 84 valence electrons. The van der Waals surface area contributed by atoms with Gasteiger partial charge in [0, 0.05) is 14.1 Å². The molecule has 0 aliphatic heterocycles. The zero-order valence-electron chi connectivity index (χ0n) is 8.78. The quantitative estimate of drug-likeness (QED) is 0.807. The van der Waals surface area contributed by atoms with Gasteiger partial charge in [-0.3, -0.25) is 0 Å². The third-order valence-electron chi connectivity index (χ3n) is 2.05. The number of halogens is 1. The van der Waals surface area contributed by atoms with Gasteiger partial charge in [0.1, 0.15) is 0 Å². The molecule has 0 bridgehead atoms. The van der Waals surface area contributed by atoms with Crippen molar-refractivity contribution in [3.8, 4) is 0 Å². The highest BCUT2D eigenvalue weighted by atomic mass is 35.5. The molecule has 4 nitrogen and oxygen atoms in total. The van der Waals surface area contributed by atoms with Crippen molar-refractivity contribution in [1.29, 1.82) is 0 Å². The van der Waals surface area contributed by atoms with Crippen LogP contribution in [0.5, 0.6) is 0 Å². The first kappa shape index (κ1) is 12.3. The number of benzene rings is 1. The largest absolute Gasteiger partial charge is 0.397 e. The Hall–Kier alpha value is -0.780. The van der Waals surface area contributed by atoms with Crippen LogP contribution in [-0.4, -0.2) is 26.8 Å². The highest BCUT2D eigenvalue weighted by Crippen LogP contribution is 2.27. The van der Waals surface area contributed by atoms with E-state index in [4.69, 9.17) is 17.3 Å². The standard InChI is InChI=1S/C9H13ClN2O2S/c1-6-4-7(10)8(11)5-9(6)15(13,14)12(2)3/h4-5H,11H2,1-3H3. The predicted octanol–water partition coefficient (Wildman–Crippen LogP) is 1.48. The SMILES string of the molecule is Cc1cc(Cl)c(N)cc1S(=O)(=O)N(C)C. The van der Waals surface area contributed by atoms with E-state index in [9.17, 15) is 8.42 Å². The van der Waals surface area contributed by atoms with E-state index in [0.717, 1.165) is 4.31 Å². The van der Waals surface area contributed by atoms with Gasteiger partial charge in [-0.1, -0.05) is 11.6 Å². The molecule has 2 N–H and O–H groups in total. The Morgan fingerprint density at radius 1 is 1.33 bits per heavy atom. The second kappa shape index (κ2) is 4.00. The number of hydrogen-bond acceptors (Lipinski definition) is 3. The molecule has 0 heterocycles. The monoisotopic (exact) mass is 248 g/mol. The molecule has 0 atom stereocenters. The van der Waals surface area contributed by atoms with E-state index in [-0.39, 0.29) is 10.6 Å². The molecule has 1 aromatic carbocycles. The maximum Gasteiger partial charge on any atom is 0.242 e. The molecular formula is C9H13ClN2O2S. The van der Waals surface area contributed by atoms with Gasteiger partial charge in [0.2, 0.25) is 10.0 Å². The summed E-state index contributed by atoms with van der Waals surface area (Å²) < 4.78 is 24.8. The Kier molecular flexibility index (Phi) is 3.28. The number of nitrogens with two attached hydrogens (primary N) is 1. The molecule has 0 amide bonds. The number of nitrogens with zero attached hydrogens (tertiary/aromatic N) is 1. The van der Waals surface area contributed by atoms with Crippen molar-refractivity contribution in [2.75, 3.05) is 19.8 Å². The molecule has 6 heteroatoms. The summed E-state index contributed by atoms with van der Waals surface area (Å²) in [5, 5.41) is 0.366. The Labute approximate surface area is 94.7 Å². The van der Waals surface area contributed by atoms with Gasteiger partial charge in [0.25, 0.3) is 0 Å². The van der Waals surface area contributed by atoms with Crippen LogP contribution in [-0.2, 0) is 10.0 Å². The topological polar surface area (TPSA) is 63.4 Å². The zero-order chi connectivity index (χ0) is 11.8. The molecule has 1 aromatic rings. The average Bonchev–Trinajstić information content (AvgIpc) is 2.10. The molecule has 0 unspecified atom stereocenters. The van der Waals surface area contributed by atoms with Crippen LogP contribution in [0.4, 0.5) is 5.69 Å². The summed E-state index contributed by atoms with van der Waals surface area (Å²) in [6, 6.07) is 2.93. The first-order chi connectivity index (χ1) is 6.76. The summed E-state index contributed by atoms with van der Waals surface area (Å²) in [6.45, 7) is 1.68. The Morgan fingerprint density at radius 3 is 2.33 bits per heavy atom. The lowest BCUT2D eigenvalue weighted by molar-refractivity contribution is 0.520. The minimum absolute atomic E-state index is 0.189. The van der Waals surface area contributed by atoms with E-state index >= 15 is 0 Å². The lowest BCUT2D eigenvalue weighted by Gasteiger charge is -2.14. The van der Waals surface area contributed by atoms with Crippen molar-refractivity contribution in [1.82, 2.24) is 4.31 Å². The molecule has 0 saturated heterocycles. The summed E-state index contributed by atoms with van der Waals surface area (Å²) in [5.41, 5.74) is 6.42. The number of rotatable bonds is 2. The lowest BCUT2D eigenvalue weighted by atomic mass is 10.2. The van der Waals surface area contributed by atoms with Crippen LogP contribution in [0.15, 0.2) is 17.0 Å². The van der Waals surface area contributed by atoms with Crippen LogP contribution in [0.25, 0.3) is 0 Å². The van der Waals surface area contributed by atoms with Crippen LogP contribution in [0.3, 0.4) is 0 Å². The Bertz CT molecular complexity index is 483. The van der Waals surface area contributed by atoms with Crippen LogP contribution < -0.4 is 5.73 Å². The smallest absolute Gasteiger partial charge is 0.242 e. The molecule has 0 aromatic heterocycles. The van der Waals surface area contributed by atoms with Gasteiger partial charge in [0.15, 0.2) is 0 Å². The molecule has 0 spiro atoms. The summed E-state index contributed by atoms with van der Waals surface area (Å²) in [7, 11) is -0.509. The van der Waals surface area contributed by atoms with E-state index in [1.165, 1.54) is 20.2 Å². The van der Waals surface area contributed by atoms with Crippen molar-refractivity contribution in [3.05, 3.63) is 22.7 Å². The maximum atomic E-state index is 11.8. The molecular weight excluding hydrogens is 236 g/mol. The normalized spacial score (nSPS) is 12.1. The number of aryl methyl sites for hydroxylation is 1. The first-order valence-electron chi connectivity index (χ1n) is 4.25. The van der Waals surface area contributed by atoms with E-state index in [1.54, 1.807) is 13.0 Å². The zero-order valence-corrected chi connectivity index (χ0v) is 10.4. The number of sulfonamides is 1. The van der Waals surface area contributed by atoms with Gasteiger partial charge >= 0.3 is 0 Å². The number of nitrogen functional groups attached to an aromatic ring is 1. The van der Waals surface area contributed by atoms with Gasteiger partial charge < -0.3 is 5.73 Å². The van der Waals surface area contributed by atoms with Gasteiger partial charge in [-0.15, -0.1) is 0 Å². The van der Waals surface area contributed by atoms with Crippen molar-refractivity contribution < 1.29 is 8.42 Å². The van der Waals surface area contributed by atoms with Crippen molar-refractivity contribution >= 4 is 27.3 Å². The molecule has 0 radical (unpaired) electrons. The highest BCUT2D eigenvalue weighted by Gasteiger charge is 2.20. The fourth-order valence-electron chi connectivity index (χ4n) is 1.14. The third kappa shape index (κ3) is 2.25. The van der Waals surface area contributed by atoms with Crippen LogP contribution in [0.1, 0.15) is 5.56 Å². The Morgan fingerprint density at radius 2 is 1.87 bits per heavy atom. The summed E-state index contributed by atoms with van der Waals surface area (Å²) in [5.74, 6) is 0. The molecule has 15 heavy (non-hydrogen) atoms. The van der Waals surface area contributed by atoms with Gasteiger partial charge in [-0.2, -0.15) is 0 Å². The molecule has 0 aliphatic rings. The summed E-state index contributed by atoms with van der Waals surface area (Å²) >= 11 is 5.78. The fraction of sp³-hybridized carbons (Fsp3) is 0.333. The molecule has 0 aliphatic carbocycles. The predicted molar refractivity (Wildman–Crippen MR) is 61.5 cm³/mol. The van der Waals surface area contributed by atoms with Crippen LogP contribution in [0, 0.1) is 6.92 Å². The lowest BCUT2D eigenvalue weighted by Crippen LogP contribution is -2.23. The van der Waals surface area contributed by atoms with Gasteiger partial charge in [-0.05, 0) is 24.6 Å². The fourth-order valence-corrected chi connectivity index (χ4v) is 2.50. The molecule has 0 fully saturated rings. The van der Waals surface area contributed by atoms with E-state index in [0.29, 0.717) is 10.6 Å². The van der Waals surface area contributed by atoms with E-state index in [2.05, 4.69) is 0 Å². The maximum absolute atomic E-state index is 11.8. The van der Waals surface area contributed by atoms with E-state index in [1.807, 2.05) is 0 Å². The van der Waals surface area contributed by atoms with Crippen molar-refractivity contribution in [3.63, 3.8) is 0 Å². The second-order valence-corrected chi connectivity index (χ2v) is 5.95. The van der Waals surface area contributed by atoms with Crippen molar-refractivity contribution in [2.45, 2.75) is 11.8 Å². The number of hydrogen-bond donors (Lipinski definition) is 1. The summed E-state index contributed by atoms with van der Waals surface area (Å²) in [6.07, 6.45) is 0. The van der Waals surface area contributed by atoms with E-state index < -0.39 is 10.0 Å². The minimum Gasteiger partial charge on any atom is -0.397 e. The number of anilines is 1. The third-order valence-corrected chi connectivity index (χ3v) is 4.34. The van der Waals surface area contributed by atoms with Gasteiger partial charge in [0.05, 0.1) is 15.6 Å². The summed E-state index contributed by atoms with van der Waals surface area (Å²) in [4.78, 5) is 0.189. The molecule has 1 rings (SSSR count). The average molecular weight is 249 g/mol. The second-order valence-electron chi connectivity index (χ2n) is 3.43. The van der Waals surface area contributed by atoms with Crippen molar-refractivity contribution in [2.24, 2.45) is 0 Å². The van der Waals surface area contributed by atoms with Crippen LogP contribution in [0.2, 0.25) is 5.02 Å². The Balaban J connectivity index is 3.46.